The third-order valence-corrected chi connectivity index (χ3v) is 6.40. The summed E-state index contributed by atoms with van der Waals surface area (Å²) in [5.41, 5.74) is 8.21. The van der Waals surface area contributed by atoms with Crippen molar-refractivity contribution in [2.75, 3.05) is 0 Å². The SMILES string of the molecule is CCCc1ccc(-c2ccc(-c3ccc4oc5ccc6ccccc6c5c4c3)cc2)cc1. The van der Waals surface area contributed by atoms with Gasteiger partial charge in [-0.25, -0.2) is 0 Å². The lowest BCUT2D eigenvalue weighted by molar-refractivity contribution is 0.669. The summed E-state index contributed by atoms with van der Waals surface area (Å²) in [6.45, 7) is 2.22. The van der Waals surface area contributed by atoms with Gasteiger partial charge in [-0.1, -0.05) is 98.3 Å². The summed E-state index contributed by atoms with van der Waals surface area (Å²) in [5, 5.41) is 4.85. The molecule has 1 nitrogen and oxygen atoms in total. The molecule has 0 aliphatic carbocycles. The first-order valence-electron chi connectivity index (χ1n) is 11.3. The number of hydrogen-bond acceptors (Lipinski definition) is 1. The van der Waals surface area contributed by atoms with Crippen LogP contribution in [-0.4, -0.2) is 0 Å². The topological polar surface area (TPSA) is 13.1 Å². The predicted molar refractivity (Wildman–Crippen MR) is 136 cm³/mol. The Morgan fingerprint density at radius 1 is 0.562 bits per heavy atom. The minimum absolute atomic E-state index is 0.934. The second kappa shape index (κ2) is 7.69. The third-order valence-electron chi connectivity index (χ3n) is 6.40. The summed E-state index contributed by atoms with van der Waals surface area (Å²) in [6.07, 6.45) is 2.32. The molecule has 0 bridgehead atoms. The lowest BCUT2D eigenvalue weighted by Crippen LogP contribution is -1.84. The molecule has 0 saturated heterocycles. The largest absolute Gasteiger partial charge is 0.456 e. The molecular weight excluding hydrogens is 388 g/mol. The average Bonchev–Trinajstić information content (AvgIpc) is 3.23. The van der Waals surface area contributed by atoms with Crippen LogP contribution in [0.5, 0.6) is 0 Å². The zero-order chi connectivity index (χ0) is 21.5. The lowest BCUT2D eigenvalue weighted by Gasteiger charge is -2.07. The zero-order valence-electron chi connectivity index (χ0n) is 18.1. The zero-order valence-corrected chi connectivity index (χ0v) is 18.1. The summed E-state index contributed by atoms with van der Waals surface area (Å²) < 4.78 is 6.16. The smallest absolute Gasteiger partial charge is 0.136 e. The predicted octanol–water partition coefficient (Wildman–Crippen LogP) is 9.03. The quantitative estimate of drug-likeness (QED) is 0.281. The van der Waals surface area contributed by atoms with Gasteiger partial charge in [0.25, 0.3) is 0 Å². The fourth-order valence-electron chi connectivity index (χ4n) is 4.73. The van der Waals surface area contributed by atoms with Crippen molar-refractivity contribution >= 4 is 32.7 Å². The van der Waals surface area contributed by atoms with Crippen LogP contribution < -0.4 is 0 Å². The highest BCUT2D eigenvalue weighted by Gasteiger charge is 2.11. The first kappa shape index (κ1) is 18.9. The summed E-state index contributed by atoms with van der Waals surface area (Å²) in [5.74, 6) is 0. The van der Waals surface area contributed by atoms with E-state index in [0.29, 0.717) is 0 Å². The highest BCUT2D eigenvalue weighted by atomic mass is 16.3. The molecule has 0 aliphatic rings. The van der Waals surface area contributed by atoms with Crippen LogP contribution in [0.4, 0.5) is 0 Å². The molecule has 0 radical (unpaired) electrons. The maximum atomic E-state index is 6.16. The van der Waals surface area contributed by atoms with E-state index in [1.54, 1.807) is 0 Å². The number of benzene rings is 5. The van der Waals surface area contributed by atoms with Crippen LogP contribution in [0, 0.1) is 0 Å². The molecule has 0 aliphatic heterocycles. The molecule has 0 atom stereocenters. The maximum absolute atomic E-state index is 6.16. The van der Waals surface area contributed by atoms with Crippen LogP contribution in [0.1, 0.15) is 18.9 Å². The van der Waals surface area contributed by atoms with Gasteiger partial charge in [-0.2, -0.15) is 0 Å². The molecule has 0 fully saturated rings. The maximum Gasteiger partial charge on any atom is 0.136 e. The molecule has 1 heteroatoms. The molecular formula is C31H24O. The molecule has 6 aromatic rings. The molecule has 32 heavy (non-hydrogen) atoms. The van der Waals surface area contributed by atoms with Crippen molar-refractivity contribution in [1.29, 1.82) is 0 Å². The van der Waals surface area contributed by atoms with Gasteiger partial charge in [-0.3, -0.25) is 0 Å². The molecule has 0 amide bonds. The number of furan rings is 1. The van der Waals surface area contributed by atoms with E-state index in [9.17, 15) is 0 Å². The molecule has 0 saturated carbocycles. The Kier molecular flexibility index (Phi) is 4.54. The van der Waals surface area contributed by atoms with Crippen molar-refractivity contribution in [1.82, 2.24) is 0 Å². The van der Waals surface area contributed by atoms with Gasteiger partial charge in [0.1, 0.15) is 11.2 Å². The number of hydrogen-bond donors (Lipinski definition) is 0. The molecule has 1 heterocycles. The fraction of sp³-hybridized carbons (Fsp3) is 0.0968. The van der Waals surface area contributed by atoms with Gasteiger partial charge < -0.3 is 4.42 Å². The van der Waals surface area contributed by atoms with E-state index in [0.717, 1.165) is 17.6 Å². The Balaban J connectivity index is 1.41. The van der Waals surface area contributed by atoms with E-state index >= 15 is 0 Å². The third kappa shape index (κ3) is 3.18. The highest BCUT2D eigenvalue weighted by Crippen LogP contribution is 2.37. The summed E-state index contributed by atoms with van der Waals surface area (Å²) in [6, 6.07) is 37.1. The summed E-state index contributed by atoms with van der Waals surface area (Å²) in [4.78, 5) is 0. The van der Waals surface area contributed by atoms with Gasteiger partial charge in [-0.15, -0.1) is 0 Å². The Morgan fingerprint density at radius 2 is 1.19 bits per heavy atom. The Morgan fingerprint density at radius 3 is 1.94 bits per heavy atom. The normalized spacial score (nSPS) is 11.5. The van der Waals surface area contributed by atoms with E-state index < -0.39 is 0 Å². The van der Waals surface area contributed by atoms with Crippen LogP contribution in [0.25, 0.3) is 55.0 Å². The van der Waals surface area contributed by atoms with E-state index in [-0.39, 0.29) is 0 Å². The van der Waals surface area contributed by atoms with Gasteiger partial charge in [0.05, 0.1) is 0 Å². The summed E-state index contributed by atoms with van der Waals surface area (Å²) in [7, 11) is 0. The number of rotatable bonds is 4. The molecule has 1 aromatic heterocycles. The molecule has 5 aromatic carbocycles. The molecule has 0 unspecified atom stereocenters. The van der Waals surface area contributed by atoms with Crippen molar-refractivity contribution < 1.29 is 4.42 Å². The molecule has 0 spiro atoms. The fourth-order valence-corrected chi connectivity index (χ4v) is 4.73. The second-order valence-electron chi connectivity index (χ2n) is 8.50. The monoisotopic (exact) mass is 412 g/mol. The van der Waals surface area contributed by atoms with Crippen LogP contribution in [-0.2, 0) is 6.42 Å². The van der Waals surface area contributed by atoms with Gasteiger partial charge in [0, 0.05) is 10.8 Å². The minimum Gasteiger partial charge on any atom is -0.456 e. The second-order valence-corrected chi connectivity index (χ2v) is 8.50. The van der Waals surface area contributed by atoms with Crippen LogP contribution in [0.15, 0.2) is 108 Å². The molecule has 154 valence electrons. The van der Waals surface area contributed by atoms with E-state index in [2.05, 4.69) is 110 Å². The molecule has 0 N–H and O–H groups in total. The lowest BCUT2D eigenvalue weighted by atomic mass is 9.97. The van der Waals surface area contributed by atoms with Crippen LogP contribution in [0.2, 0.25) is 0 Å². The van der Waals surface area contributed by atoms with Crippen molar-refractivity contribution in [3.63, 3.8) is 0 Å². The first-order chi connectivity index (χ1) is 15.8. The average molecular weight is 413 g/mol. The Hall–Kier alpha value is -3.84. The van der Waals surface area contributed by atoms with Crippen LogP contribution >= 0.6 is 0 Å². The van der Waals surface area contributed by atoms with Crippen molar-refractivity contribution in [2.24, 2.45) is 0 Å². The van der Waals surface area contributed by atoms with Crippen molar-refractivity contribution in [3.05, 3.63) is 109 Å². The highest BCUT2D eigenvalue weighted by molar-refractivity contribution is 6.19. The van der Waals surface area contributed by atoms with Crippen molar-refractivity contribution in [2.45, 2.75) is 19.8 Å². The van der Waals surface area contributed by atoms with Gasteiger partial charge in [-0.05, 0) is 63.2 Å². The first-order valence-corrected chi connectivity index (χ1v) is 11.3. The van der Waals surface area contributed by atoms with E-state index in [1.165, 1.54) is 55.8 Å². The Bertz CT molecular complexity index is 1550. The molecule has 6 rings (SSSR count). The van der Waals surface area contributed by atoms with Gasteiger partial charge >= 0.3 is 0 Å². The van der Waals surface area contributed by atoms with Crippen molar-refractivity contribution in [3.8, 4) is 22.3 Å². The van der Waals surface area contributed by atoms with E-state index in [4.69, 9.17) is 4.42 Å². The number of fused-ring (bicyclic) bond motifs is 5. The standard InChI is InChI=1S/C31H24O/c1-2-5-21-8-10-22(11-9-21)23-12-14-24(15-13-23)26-17-18-29-28(20-26)31-27-7-4-3-6-25(27)16-19-30(31)32-29/h3-4,6-20H,2,5H2,1H3. The summed E-state index contributed by atoms with van der Waals surface area (Å²) >= 11 is 0. The van der Waals surface area contributed by atoms with Crippen LogP contribution in [0.3, 0.4) is 0 Å². The minimum atomic E-state index is 0.934. The van der Waals surface area contributed by atoms with Gasteiger partial charge in [0.2, 0.25) is 0 Å². The van der Waals surface area contributed by atoms with Gasteiger partial charge in [0.15, 0.2) is 0 Å². The van der Waals surface area contributed by atoms with E-state index in [1.807, 2.05) is 0 Å². The number of aryl methyl sites for hydroxylation is 1. The Labute approximate surface area is 187 Å².